The molecule has 10 heteroatoms. The Hall–Kier alpha value is -4.15. The third-order valence-electron chi connectivity index (χ3n) is 5.00. The van der Waals surface area contributed by atoms with Gasteiger partial charge in [0.05, 0.1) is 0 Å². The highest BCUT2D eigenvalue weighted by Crippen LogP contribution is 2.23. The van der Waals surface area contributed by atoms with Gasteiger partial charge in [-0.1, -0.05) is 42.5 Å². The number of carboxylic acid groups (broad SMARTS) is 1. The first-order chi connectivity index (χ1) is 16.9. The molecule has 0 fully saturated rings. The first-order valence-electron chi connectivity index (χ1n) is 10.6. The molecule has 0 radical (unpaired) electrons. The number of sulfonamides is 1. The van der Waals surface area contributed by atoms with Crippen LogP contribution in [0.25, 0.3) is 11.4 Å². The molecule has 35 heavy (non-hydrogen) atoms. The first kappa shape index (κ1) is 24.0. The molecule has 0 aliphatic rings. The van der Waals surface area contributed by atoms with Gasteiger partial charge in [-0.3, -0.25) is 0 Å². The van der Waals surface area contributed by atoms with Gasteiger partial charge in [-0.25, -0.2) is 28.2 Å². The maximum Gasteiger partial charge on any atom is 0.341 e. The van der Waals surface area contributed by atoms with E-state index in [0.717, 1.165) is 11.1 Å². The van der Waals surface area contributed by atoms with Crippen LogP contribution in [0.5, 0.6) is 5.75 Å². The molecule has 4 aromatic rings. The number of hydrogen-bond acceptors (Lipinski definition) is 7. The molecule has 9 nitrogen and oxygen atoms in total. The van der Waals surface area contributed by atoms with Crippen LogP contribution in [0, 0.1) is 0 Å². The Labute approximate surface area is 202 Å². The number of rotatable bonds is 10. The summed E-state index contributed by atoms with van der Waals surface area (Å²) < 4.78 is 33.5. The van der Waals surface area contributed by atoms with Crippen molar-refractivity contribution in [3.63, 3.8) is 0 Å². The monoisotopic (exact) mass is 490 g/mol. The van der Waals surface area contributed by atoms with Gasteiger partial charge in [0.2, 0.25) is 0 Å². The summed E-state index contributed by atoms with van der Waals surface area (Å²) in [6, 6.07) is 20.5. The van der Waals surface area contributed by atoms with Crippen molar-refractivity contribution in [2.45, 2.75) is 18.1 Å². The number of carbonyl (C=O) groups is 1. The van der Waals surface area contributed by atoms with E-state index in [1.807, 2.05) is 24.3 Å². The summed E-state index contributed by atoms with van der Waals surface area (Å²) in [5.74, 6) is -0.179. The molecule has 2 heterocycles. The summed E-state index contributed by atoms with van der Waals surface area (Å²) in [5.41, 5.74) is 2.22. The molecular weight excluding hydrogens is 468 g/mol. The van der Waals surface area contributed by atoms with Gasteiger partial charge in [0.15, 0.2) is 17.5 Å². The molecule has 0 unspecified atom stereocenters. The van der Waals surface area contributed by atoms with Crippen LogP contribution in [0.2, 0.25) is 0 Å². The van der Waals surface area contributed by atoms with E-state index in [2.05, 4.69) is 15.0 Å². The van der Waals surface area contributed by atoms with E-state index in [0.29, 0.717) is 17.1 Å². The number of benzene rings is 2. The second-order valence-electron chi connectivity index (χ2n) is 7.54. The average molecular weight is 491 g/mol. The summed E-state index contributed by atoms with van der Waals surface area (Å²) in [6.45, 7) is -0.362. The molecular formula is C25H22N4O5S. The predicted octanol–water partition coefficient (Wildman–Crippen LogP) is 3.39. The quantitative estimate of drug-likeness (QED) is 0.359. The van der Waals surface area contributed by atoms with E-state index in [4.69, 9.17) is 9.84 Å². The largest absolute Gasteiger partial charge is 0.482 e. The lowest BCUT2D eigenvalue weighted by Gasteiger charge is -2.22. The first-order valence-corrected chi connectivity index (χ1v) is 12.1. The zero-order valence-electron chi connectivity index (χ0n) is 18.6. The van der Waals surface area contributed by atoms with Gasteiger partial charge in [-0.2, -0.15) is 4.31 Å². The lowest BCUT2D eigenvalue weighted by atomic mass is 10.1. The van der Waals surface area contributed by atoms with E-state index in [1.54, 1.807) is 54.9 Å². The minimum absolute atomic E-state index is 0.0345. The van der Waals surface area contributed by atoms with E-state index >= 15 is 0 Å². The summed E-state index contributed by atoms with van der Waals surface area (Å²) in [6.07, 6.45) is 4.75. The Bertz CT molecular complexity index is 1380. The molecule has 0 saturated carbocycles. The van der Waals surface area contributed by atoms with Crippen molar-refractivity contribution in [1.29, 1.82) is 0 Å². The Morgan fingerprint density at radius 3 is 2.23 bits per heavy atom. The molecule has 0 saturated heterocycles. The summed E-state index contributed by atoms with van der Waals surface area (Å²) in [4.78, 5) is 23.3. The van der Waals surface area contributed by atoms with Crippen LogP contribution in [-0.4, -0.2) is 45.4 Å². The van der Waals surface area contributed by atoms with E-state index in [1.165, 1.54) is 16.6 Å². The Kier molecular flexibility index (Phi) is 7.44. The number of aromatic nitrogens is 3. The Balaban J connectivity index is 1.61. The fourth-order valence-corrected chi connectivity index (χ4v) is 4.70. The van der Waals surface area contributed by atoms with Crippen molar-refractivity contribution in [1.82, 2.24) is 19.3 Å². The van der Waals surface area contributed by atoms with Gasteiger partial charge in [0.25, 0.3) is 10.0 Å². The number of hydrogen-bond donors (Lipinski definition) is 1. The molecule has 0 amide bonds. The van der Waals surface area contributed by atoms with Crippen LogP contribution in [0.15, 0.2) is 96.4 Å². The zero-order valence-corrected chi connectivity index (χ0v) is 19.4. The van der Waals surface area contributed by atoms with Gasteiger partial charge in [-0.15, -0.1) is 0 Å². The highest BCUT2D eigenvalue weighted by atomic mass is 32.2. The Morgan fingerprint density at radius 2 is 1.54 bits per heavy atom. The number of pyridine rings is 1. The van der Waals surface area contributed by atoms with E-state index in [9.17, 15) is 13.2 Å². The van der Waals surface area contributed by atoms with Crippen molar-refractivity contribution < 1.29 is 23.1 Å². The SMILES string of the molecule is O=C(O)COc1cccc(CN(Cc2ccc(-c3ncccn3)cc2)S(=O)(=O)c2ccccn2)c1. The van der Waals surface area contributed by atoms with E-state index < -0.39 is 22.6 Å². The van der Waals surface area contributed by atoms with Gasteiger partial charge in [0, 0.05) is 37.2 Å². The lowest BCUT2D eigenvalue weighted by Crippen LogP contribution is -2.31. The summed E-state index contributed by atoms with van der Waals surface area (Å²) in [5, 5.41) is 8.79. The van der Waals surface area contributed by atoms with Gasteiger partial charge in [-0.05, 0) is 41.5 Å². The average Bonchev–Trinajstić information content (AvgIpc) is 2.89. The maximum absolute atomic E-state index is 13.5. The van der Waals surface area contributed by atoms with Crippen molar-refractivity contribution in [3.05, 3.63) is 103 Å². The van der Waals surface area contributed by atoms with Crippen LogP contribution in [0.1, 0.15) is 11.1 Å². The molecule has 178 valence electrons. The molecule has 0 aliphatic heterocycles. The van der Waals surface area contributed by atoms with Gasteiger partial charge < -0.3 is 9.84 Å². The van der Waals surface area contributed by atoms with Crippen LogP contribution >= 0.6 is 0 Å². The fourth-order valence-electron chi connectivity index (χ4n) is 3.35. The zero-order chi connectivity index (χ0) is 24.7. The summed E-state index contributed by atoms with van der Waals surface area (Å²) in [7, 11) is -3.94. The molecule has 0 bridgehead atoms. The van der Waals surface area contributed by atoms with Crippen LogP contribution in [0.3, 0.4) is 0 Å². The Morgan fingerprint density at radius 1 is 0.829 bits per heavy atom. The van der Waals surface area contributed by atoms with Crippen molar-refractivity contribution in [3.8, 4) is 17.1 Å². The minimum atomic E-state index is -3.94. The van der Waals surface area contributed by atoms with Crippen LogP contribution in [-0.2, 0) is 27.9 Å². The summed E-state index contributed by atoms with van der Waals surface area (Å²) >= 11 is 0. The predicted molar refractivity (Wildman–Crippen MR) is 128 cm³/mol. The molecule has 0 atom stereocenters. The smallest absolute Gasteiger partial charge is 0.341 e. The van der Waals surface area contributed by atoms with Crippen LogP contribution < -0.4 is 4.74 Å². The third kappa shape index (κ3) is 6.25. The fraction of sp³-hybridized carbons (Fsp3) is 0.120. The molecule has 1 N–H and O–H groups in total. The number of carboxylic acids is 1. The van der Waals surface area contributed by atoms with Gasteiger partial charge >= 0.3 is 5.97 Å². The van der Waals surface area contributed by atoms with Crippen molar-refractivity contribution in [2.75, 3.05) is 6.61 Å². The highest BCUT2D eigenvalue weighted by molar-refractivity contribution is 7.89. The van der Waals surface area contributed by atoms with Crippen molar-refractivity contribution >= 4 is 16.0 Å². The normalized spacial score (nSPS) is 11.3. The lowest BCUT2D eigenvalue weighted by molar-refractivity contribution is -0.139. The highest BCUT2D eigenvalue weighted by Gasteiger charge is 2.26. The molecule has 2 aromatic carbocycles. The molecule has 4 rings (SSSR count). The second kappa shape index (κ2) is 10.9. The van der Waals surface area contributed by atoms with Crippen LogP contribution in [0.4, 0.5) is 0 Å². The molecule has 0 aliphatic carbocycles. The minimum Gasteiger partial charge on any atom is -0.482 e. The van der Waals surface area contributed by atoms with E-state index in [-0.39, 0.29) is 18.1 Å². The number of nitrogens with zero attached hydrogens (tertiary/aromatic N) is 4. The van der Waals surface area contributed by atoms with Gasteiger partial charge in [0.1, 0.15) is 5.75 Å². The maximum atomic E-state index is 13.5. The second-order valence-corrected chi connectivity index (χ2v) is 9.43. The number of aliphatic carboxylic acids is 1. The standard InChI is InChI=1S/C25H22N4O5S/c30-24(31)18-34-22-6-3-5-20(15-22)17-29(35(32,33)23-7-1-2-12-26-23)16-19-8-10-21(11-9-19)25-27-13-4-14-28-25/h1-15H,16-18H2,(H,30,31). The number of ether oxygens (including phenoxy) is 1. The molecule has 0 spiro atoms. The van der Waals surface area contributed by atoms with Crippen molar-refractivity contribution in [2.24, 2.45) is 0 Å². The topological polar surface area (TPSA) is 123 Å². The third-order valence-corrected chi connectivity index (χ3v) is 6.71. The molecule has 2 aromatic heterocycles.